The van der Waals surface area contributed by atoms with Crippen molar-refractivity contribution in [2.75, 3.05) is 7.11 Å². The number of aromatic nitrogens is 1. The minimum atomic E-state index is -2.43. The number of ether oxygens (including phenoxy) is 1. The first-order valence-corrected chi connectivity index (χ1v) is 4.36. The Bertz CT molecular complexity index is 352. The third-order valence-electron chi connectivity index (χ3n) is 1.33. The lowest BCUT2D eigenvalue weighted by molar-refractivity contribution is 0.0600. The van der Waals surface area contributed by atoms with E-state index in [1.54, 1.807) is 0 Å². The summed E-state index contributed by atoms with van der Waals surface area (Å²) < 4.78 is 25.3. The maximum Gasteiger partial charge on any atom is 0.337 e. The summed E-state index contributed by atoms with van der Waals surface area (Å²) in [6.07, 6.45) is 1.23. The van der Waals surface area contributed by atoms with Crippen molar-refractivity contribution in [3.05, 3.63) is 23.9 Å². The second kappa shape index (κ2) is 4.11. The van der Waals surface area contributed by atoms with Gasteiger partial charge in [0, 0.05) is 6.20 Å². The Kier molecular flexibility index (Phi) is 3.10. The highest BCUT2D eigenvalue weighted by Gasteiger charge is 2.05. The first-order chi connectivity index (χ1) is 6.15. The third kappa shape index (κ3) is 2.33. The van der Waals surface area contributed by atoms with Crippen molar-refractivity contribution in [1.82, 2.24) is 4.98 Å². The second-order valence-electron chi connectivity index (χ2n) is 2.11. The van der Waals surface area contributed by atoms with E-state index in [0.29, 0.717) is 0 Å². The van der Waals surface area contributed by atoms with Gasteiger partial charge in [0.15, 0.2) is 0 Å². The van der Waals surface area contributed by atoms with Crippen molar-refractivity contribution in [1.29, 1.82) is 0 Å². The summed E-state index contributed by atoms with van der Waals surface area (Å²) in [5, 5.41) is -0.178. The standard InChI is InChI=1S/C7H7NO4S/c1-12-7(9)5-2-3-8-6(4-5)13(10)11/h2-4H,1H3,(H,10,11)/p-1. The summed E-state index contributed by atoms with van der Waals surface area (Å²) in [5.41, 5.74) is 0.164. The average Bonchev–Trinajstić information content (AvgIpc) is 2.17. The van der Waals surface area contributed by atoms with E-state index < -0.39 is 17.0 Å². The second-order valence-corrected chi connectivity index (χ2v) is 3.00. The molecule has 0 aliphatic heterocycles. The molecule has 1 unspecified atom stereocenters. The molecule has 0 fully saturated rings. The number of nitrogens with zero attached hydrogens (tertiary/aromatic N) is 1. The largest absolute Gasteiger partial charge is 0.767 e. The minimum absolute atomic E-state index is 0.164. The first kappa shape index (κ1) is 9.82. The SMILES string of the molecule is COC(=O)c1ccnc(S(=O)[O-])c1. The van der Waals surface area contributed by atoms with Gasteiger partial charge in [-0.1, -0.05) is 0 Å². The van der Waals surface area contributed by atoms with E-state index in [1.165, 1.54) is 19.4 Å². The summed E-state index contributed by atoms with van der Waals surface area (Å²) in [5.74, 6) is -0.589. The number of esters is 1. The minimum Gasteiger partial charge on any atom is -0.767 e. The zero-order valence-corrected chi connectivity index (χ0v) is 7.54. The highest BCUT2D eigenvalue weighted by atomic mass is 32.2. The van der Waals surface area contributed by atoms with Crippen LogP contribution in [0.3, 0.4) is 0 Å². The van der Waals surface area contributed by atoms with E-state index >= 15 is 0 Å². The molecule has 0 saturated carbocycles. The van der Waals surface area contributed by atoms with E-state index in [9.17, 15) is 13.6 Å². The quantitative estimate of drug-likeness (QED) is 0.500. The Morgan fingerprint density at radius 1 is 1.69 bits per heavy atom. The molecule has 0 spiro atoms. The molecule has 0 N–H and O–H groups in total. The lowest BCUT2D eigenvalue weighted by Crippen LogP contribution is -2.03. The molecular weight excluding hydrogens is 194 g/mol. The fraction of sp³-hybridized carbons (Fsp3) is 0.143. The van der Waals surface area contributed by atoms with Gasteiger partial charge in [0.05, 0.1) is 12.7 Å². The highest BCUT2D eigenvalue weighted by molar-refractivity contribution is 7.79. The topological polar surface area (TPSA) is 79.3 Å². The monoisotopic (exact) mass is 200 g/mol. The van der Waals surface area contributed by atoms with Crippen molar-refractivity contribution in [2.24, 2.45) is 0 Å². The van der Waals surface area contributed by atoms with Crippen molar-refractivity contribution >= 4 is 17.0 Å². The number of hydrogen-bond acceptors (Lipinski definition) is 5. The van der Waals surface area contributed by atoms with Gasteiger partial charge in [0.2, 0.25) is 0 Å². The van der Waals surface area contributed by atoms with Crippen LogP contribution in [0.2, 0.25) is 0 Å². The molecule has 13 heavy (non-hydrogen) atoms. The van der Waals surface area contributed by atoms with Gasteiger partial charge in [0.1, 0.15) is 5.03 Å². The zero-order valence-electron chi connectivity index (χ0n) is 6.72. The molecule has 5 nitrogen and oxygen atoms in total. The molecular formula is C7H6NO4S-. The first-order valence-electron chi connectivity index (χ1n) is 3.29. The van der Waals surface area contributed by atoms with Gasteiger partial charge >= 0.3 is 5.97 Å². The molecule has 1 atom stereocenters. The molecule has 1 aromatic heterocycles. The van der Waals surface area contributed by atoms with E-state index in [-0.39, 0.29) is 10.6 Å². The Morgan fingerprint density at radius 3 is 2.92 bits per heavy atom. The van der Waals surface area contributed by atoms with Crippen LogP contribution < -0.4 is 0 Å². The summed E-state index contributed by atoms with van der Waals surface area (Å²) in [6, 6.07) is 2.52. The molecule has 0 radical (unpaired) electrons. The van der Waals surface area contributed by atoms with Gasteiger partial charge in [-0.2, -0.15) is 0 Å². The summed E-state index contributed by atoms with van der Waals surface area (Å²) in [4.78, 5) is 14.5. The highest BCUT2D eigenvalue weighted by Crippen LogP contribution is 2.05. The predicted octanol–water partition coefficient (Wildman–Crippen LogP) is 0.106. The average molecular weight is 200 g/mol. The molecule has 1 aromatic rings. The van der Waals surface area contributed by atoms with Crippen LogP contribution in [0.4, 0.5) is 0 Å². The van der Waals surface area contributed by atoms with Gasteiger partial charge in [-0.25, -0.2) is 9.78 Å². The molecule has 0 aliphatic rings. The van der Waals surface area contributed by atoms with Gasteiger partial charge < -0.3 is 9.29 Å². The summed E-state index contributed by atoms with van der Waals surface area (Å²) in [7, 11) is 1.22. The Hall–Kier alpha value is -1.27. The van der Waals surface area contributed by atoms with Gasteiger partial charge in [0.25, 0.3) is 0 Å². The summed E-state index contributed by atoms with van der Waals surface area (Å²) in [6.45, 7) is 0. The maximum atomic E-state index is 10.9. The van der Waals surface area contributed by atoms with Crippen molar-refractivity contribution in [3.8, 4) is 0 Å². The van der Waals surface area contributed by atoms with Crippen LogP contribution >= 0.6 is 0 Å². The molecule has 1 rings (SSSR count). The van der Waals surface area contributed by atoms with Crippen LogP contribution in [0, 0.1) is 0 Å². The van der Waals surface area contributed by atoms with Crippen LogP contribution in [0.1, 0.15) is 10.4 Å². The van der Waals surface area contributed by atoms with Crippen LogP contribution in [-0.2, 0) is 15.8 Å². The Labute approximate surface area is 77.0 Å². The molecule has 6 heteroatoms. The predicted molar refractivity (Wildman–Crippen MR) is 42.8 cm³/mol. The molecule has 0 amide bonds. The smallest absolute Gasteiger partial charge is 0.337 e. The van der Waals surface area contributed by atoms with Gasteiger partial charge in [-0.3, -0.25) is 4.21 Å². The van der Waals surface area contributed by atoms with Crippen LogP contribution in [-0.4, -0.2) is 26.8 Å². The van der Waals surface area contributed by atoms with E-state index in [2.05, 4.69) is 9.72 Å². The number of carbonyl (C=O) groups is 1. The van der Waals surface area contributed by atoms with E-state index in [1.807, 2.05) is 0 Å². The summed E-state index contributed by atoms with van der Waals surface area (Å²) >= 11 is -2.43. The maximum absolute atomic E-state index is 10.9. The lowest BCUT2D eigenvalue weighted by atomic mass is 10.3. The van der Waals surface area contributed by atoms with Crippen LogP contribution in [0.25, 0.3) is 0 Å². The third-order valence-corrected chi connectivity index (χ3v) is 1.89. The van der Waals surface area contributed by atoms with Crippen molar-refractivity contribution < 1.29 is 18.3 Å². The number of rotatable bonds is 2. The van der Waals surface area contributed by atoms with E-state index in [0.717, 1.165) is 6.07 Å². The Morgan fingerprint density at radius 2 is 2.38 bits per heavy atom. The zero-order chi connectivity index (χ0) is 9.84. The molecule has 0 bridgehead atoms. The molecule has 1 heterocycles. The molecule has 0 aliphatic carbocycles. The van der Waals surface area contributed by atoms with Gasteiger partial charge in [-0.15, -0.1) is 0 Å². The number of methoxy groups -OCH3 is 1. The number of carbonyl (C=O) groups excluding carboxylic acids is 1. The fourth-order valence-corrected chi connectivity index (χ4v) is 1.12. The molecule has 0 aromatic carbocycles. The van der Waals surface area contributed by atoms with E-state index in [4.69, 9.17) is 0 Å². The number of hydrogen-bond donors (Lipinski definition) is 0. The number of pyridine rings is 1. The fourth-order valence-electron chi connectivity index (χ4n) is 0.745. The lowest BCUT2D eigenvalue weighted by Gasteiger charge is -2.04. The van der Waals surface area contributed by atoms with Gasteiger partial charge in [-0.05, 0) is 23.2 Å². The molecule has 0 saturated heterocycles. The van der Waals surface area contributed by atoms with Crippen molar-refractivity contribution in [3.63, 3.8) is 0 Å². The Balaban J connectivity index is 3.05. The van der Waals surface area contributed by atoms with Crippen LogP contribution in [0.15, 0.2) is 23.4 Å². The normalized spacial score (nSPS) is 12.2. The van der Waals surface area contributed by atoms with Crippen molar-refractivity contribution in [2.45, 2.75) is 5.03 Å². The van der Waals surface area contributed by atoms with Crippen LogP contribution in [0.5, 0.6) is 0 Å². The molecule has 70 valence electrons.